The monoisotopic (exact) mass is 271 g/mol. The Hall–Kier alpha value is -2.76. The van der Waals surface area contributed by atoms with Gasteiger partial charge >= 0.3 is 0 Å². The molecule has 2 aromatic rings. The van der Waals surface area contributed by atoms with Gasteiger partial charge in [0.25, 0.3) is 5.91 Å². The Morgan fingerprint density at radius 1 is 1.25 bits per heavy atom. The van der Waals surface area contributed by atoms with Gasteiger partial charge in [-0.05, 0) is 24.3 Å². The fraction of sp³-hybridized carbons (Fsp3) is 0.0714. The van der Waals surface area contributed by atoms with Crippen molar-refractivity contribution in [3.05, 3.63) is 54.0 Å². The summed E-state index contributed by atoms with van der Waals surface area (Å²) in [5.74, 6) is -1.23. The molecular formula is C14H10FN3O2. The average Bonchev–Trinajstić information content (AvgIpc) is 2.46. The highest BCUT2D eigenvalue weighted by Gasteiger charge is 2.29. The number of benzene rings is 1. The van der Waals surface area contributed by atoms with Gasteiger partial charge in [-0.2, -0.15) is 0 Å². The number of aromatic nitrogens is 1. The number of hydrogen-bond acceptors (Lipinski definition) is 3. The Morgan fingerprint density at radius 3 is 2.85 bits per heavy atom. The maximum atomic E-state index is 13.7. The molecule has 1 aliphatic rings. The average molecular weight is 271 g/mol. The van der Waals surface area contributed by atoms with Crippen LogP contribution in [0.3, 0.4) is 0 Å². The zero-order chi connectivity index (χ0) is 14.1. The van der Waals surface area contributed by atoms with Crippen LogP contribution in [0.5, 0.6) is 0 Å². The van der Waals surface area contributed by atoms with E-state index < -0.39 is 11.7 Å². The topological polar surface area (TPSA) is 62.3 Å². The van der Waals surface area contributed by atoms with Crippen LogP contribution in [0.2, 0.25) is 0 Å². The molecule has 1 aliphatic heterocycles. The smallest absolute Gasteiger partial charge is 0.262 e. The summed E-state index contributed by atoms with van der Waals surface area (Å²) in [5, 5.41) is 2.62. The van der Waals surface area contributed by atoms with Crippen molar-refractivity contribution in [2.24, 2.45) is 0 Å². The molecule has 3 rings (SSSR count). The van der Waals surface area contributed by atoms with E-state index in [9.17, 15) is 14.0 Å². The third-order valence-corrected chi connectivity index (χ3v) is 2.97. The number of amides is 2. The number of hydrogen-bond donors (Lipinski definition) is 1. The number of carbonyl (C=O) groups is 2. The quantitative estimate of drug-likeness (QED) is 0.860. The molecule has 0 atom stereocenters. The van der Waals surface area contributed by atoms with E-state index in [-0.39, 0.29) is 18.0 Å². The predicted octanol–water partition coefficient (Wildman–Crippen LogP) is 1.82. The number of pyridine rings is 1. The minimum absolute atomic E-state index is 0.0844. The Balaban J connectivity index is 2.05. The van der Waals surface area contributed by atoms with Gasteiger partial charge in [0.2, 0.25) is 5.91 Å². The van der Waals surface area contributed by atoms with Crippen molar-refractivity contribution in [3.63, 3.8) is 0 Å². The molecule has 0 spiro atoms. The summed E-state index contributed by atoms with van der Waals surface area (Å²) < 4.78 is 13.7. The lowest BCUT2D eigenvalue weighted by molar-refractivity contribution is -0.115. The van der Waals surface area contributed by atoms with E-state index in [1.54, 1.807) is 18.2 Å². The van der Waals surface area contributed by atoms with Crippen LogP contribution in [0, 0.1) is 5.82 Å². The molecule has 1 aromatic carbocycles. The number of carbonyl (C=O) groups excluding carboxylic acids is 2. The Morgan fingerprint density at radius 2 is 2.05 bits per heavy atom. The van der Waals surface area contributed by atoms with Crippen LogP contribution < -0.4 is 10.2 Å². The predicted molar refractivity (Wildman–Crippen MR) is 70.9 cm³/mol. The standard InChI is InChI=1S/C14H10FN3O2/c15-10-5-2-1-4-9(10)14(20)18-8-12(19)17-11-6-3-7-16-13(11)18/h1-7H,8H2,(H,17,19). The first kappa shape index (κ1) is 12.3. The van der Waals surface area contributed by atoms with Crippen LogP contribution >= 0.6 is 0 Å². The minimum atomic E-state index is -0.624. The van der Waals surface area contributed by atoms with E-state index in [1.807, 2.05) is 0 Å². The van der Waals surface area contributed by atoms with Crippen LogP contribution in [0.4, 0.5) is 15.9 Å². The van der Waals surface area contributed by atoms with E-state index in [2.05, 4.69) is 10.3 Å². The van der Waals surface area contributed by atoms with Crippen molar-refractivity contribution in [2.45, 2.75) is 0 Å². The molecular weight excluding hydrogens is 261 g/mol. The summed E-state index contributed by atoms with van der Waals surface area (Å²) in [6.45, 7) is -0.183. The highest BCUT2D eigenvalue weighted by Crippen LogP contribution is 2.27. The van der Waals surface area contributed by atoms with Crippen molar-refractivity contribution in [1.29, 1.82) is 0 Å². The molecule has 0 unspecified atom stereocenters. The van der Waals surface area contributed by atoms with Crippen LogP contribution in [-0.4, -0.2) is 23.3 Å². The van der Waals surface area contributed by atoms with Gasteiger partial charge < -0.3 is 5.32 Å². The SMILES string of the molecule is O=C1CN(C(=O)c2ccccc2F)c2ncccc2N1. The van der Waals surface area contributed by atoms with Crippen LogP contribution in [0.15, 0.2) is 42.6 Å². The summed E-state index contributed by atoms with van der Waals surface area (Å²) in [5.41, 5.74) is 0.354. The molecule has 20 heavy (non-hydrogen) atoms. The molecule has 2 amide bonds. The van der Waals surface area contributed by atoms with Crippen molar-refractivity contribution in [3.8, 4) is 0 Å². The fourth-order valence-electron chi connectivity index (χ4n) is 2.07. The van der Waals surface area contributed by atoms with Crippen LogP contribution in [0.25, 0.3) is 0 Å². The number of nitrogens with one attached hydrogen (secondary N) is 1. The second-order valence-electron chi connectivity index (χ2n) is 4.29. The summed E-state index contributed by atoms with van der Waals surface area (Å²) in [7, 11) is 0. The van der Waals surface area contributed by atoms with Crippen LogP contribution in [0.1, 0.15) is 10.4 Å². The first-order chi connectivity index (χ1) is 9.66. The van der Waals surface area contributed by atoms with Gasteiger partial charge in [0, 0.05) is 6.20 Å². The van der Waals surface area contributed by atoms with E-state index in [0.29, 0.717) is 11.5 Å². The highest BCUT2D eigenvalue weighted by molar-refractivity contribution is 6.14. The molecule has 100 valence electrons. The maximum Gasteiger partial charge on any atom is 0.262 e. The fourth-order valence-corrected chi connectivity index (χ4v) is 2.07. The third kappa shape index (κ3) is 2.01. The number of halogens is 1. The Bertz CT molecular complexity index is 702. The van der Waals surface area contributed by atoms with Crippen LogP contribution in [-0.2, 0) is 4.79 Å². The molecule has 0 radical (unpaired) electrons. The largest absolute Gasteiger partial charge is 0.321 e. The first-order valence-corrected chi connectivity index (χ1v) is 5.98. The van der Waals surface area contributed by atoms with Gasteiger partial charge in [-0.25, -0.2) is 9.37 Å². The van der Waals surface area contributed by atoms with Crippen molar-refractivity contribution in [2.75, 3.05) is 16.8 Å². The lowest BCUT2D eigenvalue weighted by Crippen LogP contribution is -2.43. The van der Waals surface area contributed by atoms with Gasteiger partial charge in [0.05, 0.1) is 11.3 Å². The summed E-state index contributed by atoms with van der Waals surface area (Å²) >= 11 is 0. The van der Waals surface area contributed by atoms with Gasteiger partial charge in [-0.15, -0.1) is 0 Å². The molecule has 5 nitrogen and oxygen atoms in total. The van der Waals surface area contributed by atoms with E-state index in [0.717, 1.165) is 0 Å². The van der Waals surface area contributed by atoms with Gasteiger partial charge in [-0.1, -0.05) is 12.1 Å². The zero-order valence-corrected chi connectivity index (χ0v) is 10.3. The molecule has 0 fully saturated rings. The molecule has 6 heteroatoms. The highest BCUT2D eigenvalue weighted by atomic mass is 19.1. The Labute approximate surface area is 114 Å². The lowest BCUT2D eigenvalue weighted by Gasteiger charge is -2.27. The molecule has 0 bridgehead atoms. The summed E-state index contributed by atoms with van der Waals surface area (Å²) in [4.78, 5) is 29.3. The number of fused-ring (bicyclic) bond motifs is 1. The first-order valence-electron chi connectivity index (χ1n) is 5.98. The van der Waals surface area contributed by atoms with E-state index in [4.69, 9.17) is 0 Å². The third-order valence-electron chi connectivity index (χ3n) is 2.97. The molecule has 1 aromatic heterocycles. The number of rotatable bonds is 1. The normalized spacial score (nSPS) is 13.7. The van der Waals surface area contributed by atoms with E-state index in [1.165, 1.54) is 29.3 Å². The molecule has 0 aliphatic carbocycles. The molecule has 1 N–H and O–H groups in total. The number of anilines is 2. The minimum Gasteiger partial charge on any atom is -0.321 e. The van der Waals surface area contributed by atoms with E-state index >= 15 is 0 Å². The summed E-state index contributed by atoms with van der Waals surface area (Å²) in [6.07, 6.45) is 1.51. The van der Waals surface area contributed by atoms with Gasteiger partial charge in [0.15, 0.2) is 5.82 Å². The lowest BCUT2D eigenvalue weighted by atomic mass is 10.1. The molecule has 0 saturated heterocycles. The zero-order valence-electron chi connectivity index (χ0n) is 10.3. The van der Waals surface area contributed by atoms with Crippen molar-refractivity contribution >= 4 is 23.3 Å². The Kier molecular flexibility index (Phi) is 2.90. The maximum absolute atomic E-state index is 13.7. The molecule has 2 heterocycles. The van der Waals surface area contributed by atoms with Gasteiger partial charge in [-0.3, -0.25) is 14.5 Å². The molecule has 0 saturated carbocycles. The summed E-state index contributed by atoms with van der Waals surface area (Å²) in [6, 6.07) is 8.95. The van der Waals surface area contributed by atoms with Crippen molar-refractivity contribution < 1.29 is 14.0 Å². The van der Waals surface area contributed by atoms with Gasteiger partial charge in [0.1, 0.15) is 12.4 Å². The second-order valence-corrected chi connectivity index (χ2v) is 4.29. The van der Waals surface area contributed by atoms with Crippen molar-refractivity contribution in [1.82, 2.24) is 4.98 Å². The number of nitrogens with zero attached hydrogens (tertiary/aromatic N) is 2. The second kappa shape index (κ2) is 4.73.